The van der Waals surface area contributed by atoms with Crippen molar-refractivity contribution in [2.45, 2.75) is 6.61 Å². The van der Waals surface area contributed by atoms with Gasteiger partial charge in [0.25, 0.3) is 0 Å². The second kappa shape index (κ2) is 4.05. The molecule has 0 spiro atoms. The number of rotatable bonds is 2. The van der Waals surface area contributed by atoms with Crippen LogP contribution in [0.4, 0.5) is 0 Å². The van der Waals surface area contributed by atoms with E-state index < -0.39 is 0 Å². The first-order valence-corrected chi connectivity index (χ1v) is 3.70. The maximum absolute atomic E-state index is 8.57. The van der Waals surface area contributed by atoms with Crippen LogP contribution in [0, 0.1) is 11.3 Å². The monoisotopic (exact) mass is 182 g/mol. The Morgan fingerprint density at radius 1 is 1.67 bits per heavy atom. The van der Waals surface area contributed by atoms with Crippen molar-refractivity contribution in [3.63, 3.8) is 0 Å². The van der Waals surface area contributed by atoms with Gasteiger partial charge in [0, 0.05) is 7.11 Å². The average molecular weight is 183 g/mol. The molecule has 0 unspecified atom stereocenters. The highest BCUT2D eigenvalue weighted by molar-refractivity contribution is 6.31. The van der Waals surface area contributed by atoms with Crippen LogP contribution in [0.2, 0.25) is 5.02 Å². The summed E-state index contributed by atoms with van der Waals surface area (Å²) in [5, 5.41) is 8.95. The van der Waals surface area contributed by atoms with Gasteiger partial charge in [0.2, 0.25) is 0 Å². The molecule has 62 valence electrons. The zero-order valence-corrected chi connectivity index (χ0v) is 7.30. The second-order valence-corrected chi connectivity index (χ2v) is 2.59. The molecule has 0 saturated carbocycles. The van der Waals surface area contributed by atoms with Gasteiger partial charge in [0.1, 0.15) is 6.07 Å². The summed E-state index contributed by atoms with van der Waals surface area (Å²) in [6.45, 7) is 0.395. The Morgan fingerprint density at radius 3 is 3.00 bits per heavy atom. The molecule has 0 aliphatic rings. The van der Waals surface area contributed by atoms with Gasteiger partial charge in [-0.3, -0.25) is 0 Å². The third-order valence-corrected chi connectivity index (χ3v) is 1.61. The Balaban J connectivity index is 2.99. The predicted molar refractivity (Wildman–Crippen MR) is 44.7 cm³/mol. The highest BCUT2D eigenvalue weighted by Gasteiger charge is 2.01. The van der Waals surface area contributed by atoms with Crippen molar-refractivity contribution in [1.82, 2.24) is 4.98 Å². The van der Waals surface area contributed by atoms with Gasteiger partial charge in [-0.1, -0.05) is 11.6 Å². The molecule has 0 N–H and O–H groups in total. The topological polar surface area (TPSA) is 45.9 Å². The van der Waals surface area contributed by atoms with E-state index in [4.69, 9.17) is 21.6 Å². The number of aromatic nitrogens is 1. The van der Waals surface area contributed by atoms with Crippen molar-refractivity contribution in [2.24, 2.45) is 0 Å². The summed E-state index contributed by atoms with van der Waals surface area (Å²) >= 11 is 5.67. The summed E-state index contributed by atoms with van der Waals surface area (Å²) in [6.07, 6.45) is 0. The molecule has 0 aromatic carbocycles. The molecule has 1 heterocycles. The normalized spacial score (nSPS) is 9.42. The standard InChI is InChI=1S/C8H7ClN2O/c1-12-5-6-2-3-7(9)8(4-10)11-6/h2-3H,5H2,1H3. The lowest BCUT2D eigenvalue weighted by Crippen LogP contribution is -1.94. The van der Waals surface area contributed by atoms with Gasteiger partial charge in [-0.15, -0.1) is 0 Å². The van der Waals surface area contributed by atoms with Crippen LogP contribution in [0.15, 0.2) is 12.1 Å². The van der Waals surface area contributed by atoms with Crippen molar-refractivity contribution in [3.8, 4) is 6.07 Å². The minimum absolute atomic E-state index is 0.242. The van der Waals surface area contributed by atoms with Crippen molar-refractivity contribution in [3.05, 3.63) is 28.5 Å². The zero-order chi connectivity index (χ0) is 8.97. The summed E-state index contributed by atoms with van der Waals surface area (Å²) in [5.74, 6) is 0. The lowest BCUT2D eigenvalue weighted by Gasteiger charge is -1.99. The molecule has 0 amide bonds. The molecule has 0 fully saturated rings. The Kier molecular flexibility index (Phi) is 3.03. The van der Waals surface area contributed by atoms with Gasteiger partial charge < -0.3 is 4.74 Å². The average Bonchev–Trinajstić information content (AvgIpc) is 2.09. The fourth-order valence-corrected chi connectivity index (χ4v) is 0.937. The highest BCUT2D eigenvalue weighted by Crippen LogP contribution is 2.13. The van der Waals surface area contributed by atoms with Gasteiger partial charge in [-0.2, -0.15) is 5.26 Å². The van der Waals surface area contributed by atoms with E-state index in [2.05, 4.69) is 4.98 Å². The number of hydrogen-bond acceptors (Lipinski definition) is 3. The van der Waals surface area contributed by atoms with E-state index in [1.165, 1.54) is 0 Å². The van der Waals surface area contributed by atoms with E-state index in [0.717, 1.165) is 0 Å². The minimum Gasteiger partial charge on any atom is -0.378 e. The SMILES string of the molecule is COCc1ccc(Cl)c(C#N)n1. The zero-order valence-electron chi connectivity index (χ0n) is 6.54. The number of methoxy groups -OCH3 is 1. The van der Waals surface area contributed by atoms with Gasteiger partial charge in [-0.25, -0.2) is 4.98 Å². The summed E-state index contributed by atoms with van der Waals surface area (Å²) in [7, 11) is 1.57. The first-order chi connectivity index (χ1) is 5.77. The molecule has 3 nitrogen and oxygen atoms in total. The van der Waals surface area contributed by atoms with Crippen LogP contribution < -0.4 is 0 Å². The van der Waals surface area contributed by atoms with Gasteiger partial charge >= 0.3 is 0 Å². The van der Waals surface area contributed by atoms with E-state index in [0.29, 0.717) is 17.3 Å². The van der Waals surface area contributed by atoms with E-state index in [-0.39, 0.29) is 5.69 Å². The van der Waals surface area contributed by atoms with Crippen LogP contribution in [0.5, 0.6) is 0 Å². The minimum atomic E-state index is 0.242. The molecule has 0 atom stereocenters. The Labute approximate surface area is 75.6 Å². The summed E-state index contributed by atoms with van der Waals surface area (Å²) in [6, 6.07) is 5.26. The second-order valence-electron chi connectivity index (χ2n) is 2.18. The molecule has 0 bridgehead atoms. The molecule has 0 aliphatic heterocycles. The molecular weight excluding hydrogens is 176 g/mol. The maximum Gasteiger partial charge on any atom is 0.159 e. The smallest absolute Gasteiger partial charge is 0.159 e. The molecule has 0 saturated heterocycles. The molecule has 0 radical (unpaired) electrons. The molecule has 1 rings (SSSR count). The molecular formula is C8H7ClN2O. The quantitative estimate of drug-likeness (QED) is 0.700. The maximum atomic E-state index is 8.57. The van der Waals surface area contributed by atoms with Crippen molar-refractivity contribution >= 4 is 11.6 Å². The highest BCUT2D eigenvalue weighted by atomic mass is 35.5. The van der Waals surface area contributed by atoms with Crippen LogP contribution in [0.1, 0.15) is 11.4 Å². The first-order valence-electron chi connectivity index (χ1n) is 3.32. The lowest BCUT2D eigenvalue weighted by atomic mass is 10.3. The summed E-state index contributed by atoms with van der Waals surface area (Å²) < 4.78 is 4.85. The van der Waals surface area contributed by atoms with Crippen LogP contribution in [-0.2, 0) is 11.3 Å². The Hall–Kier alpha value is -1.11. The van der Waals surface area contributed by atoms with E-state index >= 15 is 0 Å². The van der Waals surface area contributed by atoms with Crippen LogP contribution in [0.25, 0.3) is 0 Å². The molecule has 1 aromatic heterocycles. The van der Waals surface area contributed by atoms with Crippen molar-refractivity contribution < 1.29 is 4.74 Å². The number of ether oxygens (including phenoxy) is 1. The predicted octanol–water partition coefficient (Wildman–Crippen LogP) is 1.75. The molecule has 4 heteroatoms. The Bertz CT molecular complexity index is 319. The van der Waals surface area contributed by atoms with Gasteiger partial charge in [0.15, 0.2) is 5.69 Å². The number of halogens is 1. The molecule has 1 aromatic rings. The van der Waals surface area contributed by atoms with E-state index in [1.807, 2.05) is 6.07 Å². The van der Waals surface area contributed by atoms with Crippen LogP contribution in [-0.4, -0.2) is 12.1 Å². The summed E-state index contributed by atoms with van der Waals surface area (Å²) in [5.41, 5.74) is 0.949. The fourth-order valence-electron chi connectivity index (χ4n) is 0.789. The van der Waals surface area contributed by atoms with Crippen LogP contribution in [0.3, 0.4) is 0 Å². The van der Waals surface area contributed by atoms with Gasteiger partial charge in [-0.05, 0) is 12.1 Å². The van der Waals surface area contributed by atoms with Crippen molar-refractivity contribution in [2.75, 3.05) is 7.11 Å². The number of nitriles is 1. The van der Waals surface area contributed by atoms with E-state index in [9.17, 15) is 0 Å². The Morgan fingerprint density at radius 2 is 2.42 bits per heavy atom. The van der Waals surface area contributed by atoms with Crippen molar-refractivity contribution in [1.29, 1.82) is 5.26 Å². The molecule has 12 heavy (non-hydrogen) atoms. The fraction of sp³-hybridized carbons (Fsp3) is 0.250. The van der Waals surface area contributed by atoms with Crippen LogP contribution >= 0.6 is 11.6 Å². The largest absolute Gasteiger partial charge is 0.378 e. The number of nitrogens with zero attached hydrogens (tertiary/aromatic N) is 2. The summed E-state index contributed by atoms with van der Waals surface area (Å²) in [4.78, 5) is 3.96. The lowest BCUT2D eigenvalue weighted by molar-refractivity contribution is 0.181. The first kappa shape index (κ1) is 8.98. The third-order valence-electron chi connectivity index (χ3n) is 1.30. The third kappa shape index (κ3) is 1.94. The van der Waals surface area contributed by atoms with E-state index in [1.54, 1.807) is 19.2 Å². The number of hydrogen-bond donors (Lipinski definition) is 0. The van der Waals surface area contributed by atoms with Gasteiger partial charge in [0.05, 0.1) is 17.3 Å². The molecule has 0 aliphatic carbocycles. The number of pyridine rings is 1.